The summed E-state index contributed by atoms with van der Waals surface area (Å²) in [5.41, 5.74) is 1.62. The van der Waals surface area contributed by atoms with E-state index in [-0.39, 0.29) is 5.97 Å². The van der Waals surface area contributed by atoms with Crippen LogP contribution < -0.4 is 0 Å². The van der Waals surface area contributed by atoms with Gasteiger partial charge in [0, 0.05) is 22.5 Å². The van der Waals surface area contributed by atoms with Gasteiger partial charge < -0.3 is 4.74 Å². The first-order valence-corrected chi connectivity index (χ1v) is 7.48. The van der Waals surface area contributed by atoms with Gasteiger partial charge in [-0.3, -0.25) is 5.10 Å². The van der Waals surface area contributed by atoms with Gasteiger partial charge in [-0.2, -0.15) is 5.10 Å². The van der Waals surface area contributed by atoms with E-state index in [9.17, 15) is 4.79 Å². The molecule has 0 spiro atoms. The number of rotatable bonds is 4. The Labute approximate surface area is 126 Å². The molecular weight excluding hydrogens is 284 g/mol. The molecule has 0 amide bonds. The predicted molar refractivity (Wildman–Crippen MR) is 83.4 cm³/mol. The molecule has 1 N–H and O–H groups in total. The van der Waals surface area contributed by atoms with Crippen molar-refractivity contribution in [3.63, 3.8) is 0 Å². The molecule has 5 heteroatoms. The van der Waals surface area contributed by atoms with Gasteiger partial charge in [-0.25, -0.2) is 4.79 Å². The van der Waals surface area contributed by atoms with Gasteiger partial charge in [0.05, 0.1) is 12.7 Å². The summed E-state index contributed by atoms with van der Waals surface area (Å²) in [4.78, 5) is 12.9. The first-order chi connectivity index (χ1) is 10.3. The first-order valence-electron chi connectivity index (χ1n) is 6.50. The Bertz CT molecular complexity index is 769. The van der Waals surface area contributed by atoms with Gasteiger partial charge in [0.2, 0.25) is 0 Å². The van der Waals surface area contributed by atoms with Crippen LogP contribution in [0.15, 0.2) is 53.6 Å². The van der Waals surface area contributed by atoms with Gasteiger partial charge in [-0.1, -0.05) is 24.3 Å². The Morgan fingerprint density at radius 3 is 2.67 bits per heavy atom. The molecule has 1 aromatic heterocycles. The molecule has 0 saturated carbocycles. The molecule has 3 aromatic rings. The molecule has 0 radical (unpaired) electrons. The van der Waals surface area contributed by atoms with Crippen LogP contribution in [-0.4, -0.2) is 23.3 Å². The highest BCUT2D eigenvalue weighted by atomic mass is 32.2. The third-order valence-corrected chi connectivity index (χ3v) is 4.30. The van der Waals surface area contributed by atoms with E-state index in [0.29, 0.717) is 5.56 Å². The van der Waals surface area contributed by atoms with E-state index >= 15 is 0 Å². The smallest absolute Gasteiger partial charge is 0.339 e. The maximum atomic E-state index is 12.0. The van der Waals surface area contributed by atoms with E-state index in [0.717, 1.165) is 27.1 Å². The molecule has 1 heterocycles. The van der Waals surface area contributed by atoms with Gasteiger partial charge in [0.1, 0.15) is 0 Å². The average molecular weight is 298 g/mol. The maximum absolute atomic E-state index is 12.0. The number of hydrogen-bond acceptors (Lipinski definition) is 4. The van der Waals surface area contributed by atoms with Crippen molar-refractivity contribution in [3.8, 4) is 0 Å². The fourth-order valence-corrected chi connectivity index (χ4v) is 3.11. The van der Waals surface area contributed by atoms with Crippen LogP contribution in [-0.2, 0) is 10.5 Å². The van der Waals surface area contributed by atoms with Crippen molar-refractivity contribution < 1.29 is 9.53 Å². The van der Waals surface area contributed by atoms with Crippen LogP contribution >= 0.6 is 11.8 Å². The van der Waals surface area contributed by atoms with Gasteiger partial charge in [-0.05, 0) is 29.0 Å². The summed E-state index contributed by atoms with van der Waals surface area (Å²) in [5.74, 6) is 0.412. The number of fused-ring (bicyclic) bond motifs is 1. The van der Waals surface area contributed by atoms with Gasteiger partial charge in [0.25, 0.3) is 0 Å². The Hall–Kier alpha value is -2.27. The van der Waals surface area contributed by atoms with Crippen molar-refractivity contribution in [2.24, 2.45) is 0 Å². The zero-order valence-corrected chi connectivity index (χ0v) is 12.3. The summed E-state index contributed by atoms with van der Waals surface area (Å²) < 4.78 is 4.89. The van der Waals surface area contributed by atoms with Crippen molar-refractivity contribution >= 4 is 28.5 Å². The number of H-pyrrole nitrogens is 1. The lowest BCUT2D eigenvalue weighted by Crippen LogP contribution is -2.03. The second-order valence-corrected chi connectivity index (χ2v) is 5.57. The Morgan fingerprint density at radius 2 is 2.00 bits per heavy atom. The number of esters is 1. The zero-order chi connectivity index (χ0) is 14.7. The summed E-state index contributed by atoms with van der Waals surface area (Å²) in [7, 11) is 1.40. The zero-order valence-electron chi connectivity index (χ0n) is 11.5. The largest absolute Gasteiger partial charge is 0.465 e. The number of ether oxygens (including phenoxy) is 1. The van der Waals surface area contributed by atoms with E-state index in [2.05, 4.69) is 10.2 Å². The molecular formula is C16H14N2O2S. The molecule has 0 fully saturated rings. The minimum Gasteiger partial charge on any atom is -0.465 e. The molecule has 0 bridgehead atoms. The van der Waals surface area contributed by atoms with Crippen molar-refractivity contribution in [2.45, 2.75) is 10.6 Å². The monoisotopic (exact) mass is 298 g/mol. The number of methoxy groups -OCH3 is 1. The Balaban J connectivity index is 1.99. The Kier molecular flexibility index (Phi) is 3.92. The topological polar surface area (TPSA) is 55.0 Å². The number of aromatic nitrogens is 2. The minimum atomic E-state index is -0.312. The van der Waals surface area contributed by atoms with Crippen molar-refractivity contribution in [1.82, 2.24) is 10.2 Å². The number of aromatic amines is 1. The lowest BCUT2D eigenvalue weighted by molar-refractivity contribution is 0.0597. The molecule has 2 aromatic carbocycles. The molecule has 0 aliphatic heterocycles. The summed E-state index contributed by atoms with van der Waals surface area (Å²) in [5, 5.41) is 8.99. The second kappa shape index (κ2) is 6.01. The average Bonchev–Trinajstić information content (AvgIpc) is 3.04. The summed E-state index contributed by atoms with van der Waals surface area (Å²) in [6.45, 7) is 0. The quantitative estimate of drug-likeness (QED) is 0.590. The summed E-state index contributed by atoms with van der Waals surface area (Å²) >= 11 is 1.59. The lowest BCUT2D eigenvalue weighted by Gasteiger charge is -2.09. The second-order valence-electron chi connectivity index (χ2n) is 4.56. The summed E-state index contributed by atoms with van der Waals surface area (Å²) in [6.07, 6.45) is 1.72. The molecule has 0 atom stereocenters. The van der Waals surface area contributed by atoms with Crippen LogP contribution in [0.25, 0.3) is 10.8 Å². The van der Waals surface area contributed by atoms with E-state index in [1.165, 1.54) is 7.11 Å². The molecule has 0 aliphatic carbocycles. The number of nitrogens with one attached hydrogen (secondary N) is 1. The number of thioether (sulfide) groups is 1. The van der Waals surface area contributed by atoms with Crippen LogP contribution in [0.4, 0.5) is 0 Å². The normalized spacial score (nSPS) is 10.7. The third-order valence-electron chi connectivity index (χ3n) is 3.19. The van der Waals surface area contributed by atoms with Crippen LogP contribution in [0.2, 0.25) is 0 Å². The number of nitrogens with zero attached hydrogens (tertiary/aromatic N) is 1. The van der Waals surface area contributed by atoms with E-state index in [1.807, 2.05) is 42.5 Å². The molecule has 106 valence electrons. The lowest BCUT2D eigenvalue weighted by atomic mass is 10.1. The number of carbonyl (C=O) groups excluding carboxylic acids is 1. The van der Waals surface area contributed by atoms with E-state index < -0.39 is 0 Å². The third kappa shape index (κ3) is 2.92. The number of benzene rings is 2. The molecule has 0 aliphatic rings. The SMILES string of the molecule is COC(=O)c1cc2ccccc2cc1SCc1ccn[nH]1. The Morgan fingerprint density at radius 1 is 1.24 bits per heavy atom. The predicted octanol–water partition coefficient (Wildman–Crippen LogP) is 3.64. The maximum Gasteiger partial charge on any atom is 0.339 e. The van der Waals surface area contributed by atoms with E-state index in [4.69, 9.17) is 4.74 Å². The summed E-state index contributed by atoms with van der Waals surface area (Å²) in [6, 6.07) is 13.8. The molecule has 3 rings (SSSR count). The van der Waals surface area contributed by atoms with Crippen molar-refractivity contribution in [2.75, 3.05) is 7.11 Å². The van der Waals surface area contributed by atoms with Gasteiger partial charge >= 0.3 is 5.97 Å². The highest BCUT2D eigenvalue weighted by Gasteiger charge is 2.14. The van der Waals surface area contributed by atoms with Gasteiger partial charge in [-0.15, -0.1) is 11.8 Å². The van der Waals surface area contributed by atoms with Crippen molar-refractivity contribution in [3.05, 3.63) is 59.9 Å². The van der Waals surface area contributed by atoms with E-state index in [1.54, 1.807) is 18.0 Å². The molecule has 21 heavy (non-hydrogen) atoms. The highest BCUT2D eigenvalue weighted by molar-refractivity contribution is 7.98. The van der Waals surface area contributed by atoms with Gasteiger partial charge in [0.15, 0.2) is 0 Å². The van der Waals surface area contributed by atoms with Crippen LogP contribution in [0.1, 0.15) is 16.1 Å². The fourth-order valence-electron chi connectivity index (χ4n) is 2.13. The number of carbonyl (C=O) groups is 1. The fraction of sp³-hybridized carbons (Fsp3) is 0.125. The highest BCUT2D eigenvalue weighted by Crippen LogP contribution is 2.30. The van der Waals surface area contributed by atoms with Crippen LogP contribution in [0.5, 0.6) is 0 Å². The minimum absolute atomic E-state index is 0.312. The molecule has 0 saturated heterocycles. The van der Waals surface area contributed by atoms with Crippen LogP contribution in [0, 0.1) is 0 Å². The molecule has 4 nitrogen and oxygen atoms in total. The van der Waals surface area contributed by atoms with Crippen molar-refractivity contribution in [1.29, 1.82) is 0 Å². The number of hydrogen-bond donors (Lipinski definition) is 1. The first kappa shape index (κ1) is 13.7. The molecule has 0 unspecified atom stereocenters. The standard InChI is InChI=1S/C16H14N2O2S/c1-20-16(19)14-8-11-4-2-3-5-12(11)9-15(14)21-10-13-6-7-17-18-13/h2-9H,10H2,1H3,(H,17,18). The van der Waals surface area contributed by atoms with Crippen LogP contribution in [0.3, 0.4) is 0 Å².